The second kappa shape index (κ2) is 9.06. The fraction of sp³-hybridized carbons (Fsp3) is 0.261. The number of esters is 1. The van der Waals surface area contributed by atoms with E-state index in [1.807, 2.05) is 13.8 Å². The van der Waals surface area contributed by atoms with E-state index in [1.54, 1.807) is 54.8 Å². The number of benzene rings is 1. The predicted molar refractivity (Wildman–Crippen MR) is 130 cm³/mol. The van der Waals surface area contributed by atoms with Crippen molar-refractivity contribution in [2.75, 3.05) is 0 Å². The number of ether oxygens (including phenoxy) is 1. The molecule has 2 heterocycles. The van der Waals surface area contributed by atoms with Crippen LogP contribution in [0.2, 0.25) is 0 Å². The van der Waals surface area contributed by atoms with Crippen molar-refractivity contribution in [1.82, 2.24) is 4.90 Å². The van der Waals surface area contributed by atoms with Gasteiger partial charge in [0, 0.05) is 0 Å². The van der Waals surface area contributed by atoms with Crippen LogP contribution >= 0.6 is 47.2 Å². The molecule has 0 spiro atoms. The Hall–Kier alpha value is -2.06. The SMILES string of the molecule is CC1(C)C(C=C(Cl)Cl)C1C(=O)Oc1ccc(/C=C2\SC(=S)N(Cc3ccco3)C2=O)cc1. The highest BCUT2D eigenvalue weighted by Gasteiger charge is 2.61. The number of nitrogens with zero attached hydrogens (tertiary/aromatic N) is 1. The molecule has 2 atom stereocenters. The highest BCUT2D eigenvalue weighted by Crippen LogP contribution is 2.60. The molecule has 0 radical (unpaired) electrons. The van der Waals surface area contributed by atoms with Crippen LogP contribution in [0.15, 0.2) is 62.6 Å². The van der Waals surface area contributed by atoms with Gasteiger partial charge >= 0.3 is 5.97 Å². The van der Waals surface area contributed by atoms with E-state index in [0.29, 0.717) is 27.3 Å². The Labute approximate surface area is 205 Å². The number of furan rings is 1. The number of hydrogen-bond donors (Lipinski definition) is 0. The summed E-state index contributed by atoms with van der Waals surface area (Å²) in [4.78, 5) is 27.3. The average molecular weight is 508 g/mol. The van der Waals surface area contributed by atoms with Gasteiger partial charge in [0.15, 0.2) is 0 Å². The largest absolute Gasteiger partial charge is 0.467 e. The molecule has 2 aliphatic rings. The topological polar surface area (TPSA) is 59.8 Å². The van der Waals surface area contributed by atoms with E-state index < -0.39 is 0 Å². The Kier molecular flexibility index (Phi) is 6.54. The van der Waals surface area contributed by atoms with Crippen molar-refractivity contribution < 1.29 is 18.7 Å². The second-order valence-electron chi connectivity index (χ2n) is 8.12. The Balaban J connectivity index is 1.40. The molecule has 1 aromatic heterocycles. The van der Waals surface area contributed by atoms with Crippen molar-refractivity contribution >= 4 is 69.5 Å². The van der Waals surface area contributed by atoms with Gasteiger partial charge in [0.1, 0.15) is 20.3 Å². The number of carbonyl (C=O) groups excluding carboxylic acids is 2. The summed E-state index contributed by atoms with van der Waals surface area (Å²) in [5.41, 5.74) is 0.543. The quantitative estimate of drug-likeness (QED) is 0.201. The first kappa shape index (κ1) is 23.1. The lowest BCUT2D eigenvalue weighted by atomic mass is 10.1. The molecule has 5 nitrogen and oxygen atoms in total. The van der Waals surface area contributed by atoms with Crippen LogP contribution in [0, 0.1) is 17.3 Å². The minimum atomic E-state index is -0.322. The summed E-state index contributed by atoms with van der Waals surface area (Å²) in [7, 11) is 0. The summed E-state index contributed by atoms with van der Waals surface area (Å²) in [5, 5.41) is 0. The average Bonchev–Trinajstić information content (AvgIpc) is 3.07. The fourth-order valence-corrected chi connectivity index (χ4v) is 5.26. The molecule has 2 fully saturated rings. The first-order chi connectivity index (χ1) is 15.2. The zero-order valence-corrected chi connectivity index (χ0v) is 20.4. The summed E-state index contributed by atoms with van der Waals surface area (Å²) in [6.07, 6.45) is 5.01. The number of hydrogen-bond acceptors (Lipinski definition) is 6. The van der Waals surface area contributed by atoms with Crippen LogP contribution in [-0.2, 0) is 16.1 Å². The predicted octanol–water partition coefficient (Wildman–Crippen LogP) is 6.18. The lowest BCUT2D eigenvalue weighted by Crippen LogP contribution is -2.27. The summed E-state index contributed by atoms with van der Waals surface area (Å²) >= 11 is 18.1. The molecule has 0 bridgehead atoms. The maximum Gasteiger partial charge on any atom is 0.315 e. The van der Waals surface area contributed by atoms with Crippen molar-refractivity contribution in [3.63, 3.8) is 0 Å². The third kappa shape index (κ3) is 4.81. The number of allylic oxidation sites excluding steroid dienone is 1. The van der Waals surface area contributed by atoms with Gasteiger partial charge in [-0.3, -0.25) is 14.5 Å². The maximum atomic E-state index is 12.7. The van der Waals surface area contributed by atoms with Gasteiger partial charge in [-0.25, -0.2) is 0 Å². The van der Waals surface area contributed by atoms with Gasteiger partial charge in [-0.15, -0.1) is 0 Å². The second-order valence-corrected chi connectivity index (χ2v) is 10.8. The van der Waals surface area contributed by atoms with E-state index in [4.69, 9.17) is 44.6 Å². The Morgan fingerprint density at radius 2 is 2.00 bits per heavy atom. The third-order valence-corrected chi connectivity index (χ3v) is 7.26. The lowest BCUT2D eigenvalue weighted by molar-refractivity contribution is -0.136. The number of thiocarbonyl (C=S) groups is 1. The third-order valence-electron chi connectivity index (χ3n) is 5.63. The van der Waals surface area contributed by atoms with Gasteiger partial charge in [0.05, 0.1) is 23.6 Å². The number of carbonyl (C=O) groups is 2. The first-order valence-electron chi connectivity index (χ1n) is 9.79. The Morgan fingerprint density at radius 1 is 1.28 bits per heavy atom. The van der Waals surface area contributed by atoms with Crippen molar-refractivity contribution in [2.24, 2.45) is 17.3 Å². The number of halogens is 2. The Bertz CT molecular complexity index is 1120. The van der Waals surface area contributed by atoms with Crippen LogP contribution in [0.3, 0.4) is 0 Å². The minimum Gasteiger partial charge on any atom is -0.467 e. The number of thioether (sulfide) groups is 1. The van der Waals surface area contributed by atoms with Crippen molar-refractivity contribution in [1.29, 1.82) is 0 Å². The summed E-state index contributed by atoms with van der Waals surface area (Å²) in [5.74, 6) is 0.253. The molecule has 1 aliphatic heterocycles. The molecule has 9 heteroatoms. The van der Waals surface area contributed by atoms with E-state index in [0.717, 1.165) is 5.56 Å². The molecule has 1 amide bonds. The zero-order chi connectivity index (χ0) is 23.0. The highest BCUT2D eigenvalue weighted by molar-refractivity contribution is 8.26. The summed E-state index contributed by atoms with van der Waals surface area (Å²) in [6.45, 7) is 4.25. The zero-order valence-electron chi connectivity index (χ0n) is 17.2. The Morgan fingerprint density at radius 3 is 2.62 bits per heavy atom. The first-order valence-corrected chi connectivity index (χ1v) is 11.8. The van der Waals surface area contributed by atoms with Gasteiger partial charge in [0.2, 0.25) is 0 Å². The minimum absolute atomic E-state index is 0.0534. The molecule has 2 aromatic rings. The maximum absolute atomic E-state index is 12.7. The van der Waals surface area contributed by atoms with Crippen molar-refractivity contribution in [3.8, 4) is 5.75 Å². The van der Waals surface area contributed by atoms with Gasteiger partial charge in [-0.2, -0.15) is 0 Å². The van der Waals surface area contributed by atoms with Gasteiger partial charge in [-0.1, -0.05) is 73.2 Å². The van der Waals surface area contributed by atoms with E-state index in [1.165, 1.54) is 16.7 Å². The monoisotopic (exact) mass is 507 g/mol. The smallest absolute Gasteiger partial charge is 0.315 e. The van der Waals surface area contributed by atoms with Crippen LogP contribution in [0.25, 0.3) is 6.08 Å². The molecule has 32 heavy (non-hydrogen) atoms. The lowest BCUT2D eigenvalue weighted by Gasteiger charge is -2.11. The van der Waals surface area contributed by atoms with Crippen LogP contribution in [0.5, 0.6) is 5.75 Å². The summed E-state index contributed by atoms with van der Waals surface area (Å²) in [6, 6.07) is 10.5. The molecule has 2 unspecified atom stereocenters. The van der Waals surface area contributed by atoms with E-state index >= 15 is 0 Å². The van der Waals surface area contributed by atoms with Crippen molar-refractivity contribution in [3.05, 3.63) is 69.5 Å². The molecule has 1 aromatic carbocycles. The molecule has 1 saturated carbocycles. The van der Waals surface area contributed by atoms with Gasteiger partial charge < -0.3 is 9.15 Å². The molecule has 4 rings (SSSR count). The molecule has 1 aliphatic carbocycles. The number of rotatable bonds is 6. The van der Waals surface area contributed by atoms with E-state index in [9.17, 15) is 9.59 Å². The standard InChI is InChI=1S/C23H19Cl2NO4S2/c1-23(2)16(11-18(24)25)19(23)21(28)30-14-7-5-13(6-8-14)10-17-20(27)26(22(31)32-17)12-15-4-3-9-29-15/h3-11,16,19H,12H2,1-2H3/b17-10-. The van der Waals surface area contributed by atoms with Crippen LogP contribution in [0.1, 0.15) is 25.2 Å². The van der Waals surface area contributed by atoms with Crippen molar-refractivity contribution in [2.45, 2.75) is 20.4 Å². The number of amides is 1. The molecular formula is C23H19Cl2NO4S2. The van der Waals surface area contributed by atoms with E-state index in [-0.39, 0.29) is 33.6 Å². The summed E-state index contributed by atoms with van der Waals surface area (Å²) < 4.78 is 11.5. The molecular weight excluding hydrogens is 489 g/mol. The van der Waals surface area contributed by atoms with Crippen LogP contribution < -0.4 is 4.74 Å². The molecule has 1 saturated heterocycles. The molecule has 0 N–H and O–H groups in total. The van der Waals surface area contributed by atoms with Gasteiger partial charge in [0.25, 0.3) is 5.91 Å². The van der Waals surface area contributed by atoms with Crippen LogP contribution in [-0.4, -0.2) is 21.1 Å². The molecule has 166 valence electrons. The fourth-order valence-electron chi connectivity index (χ4n) is 3.73. The normalized spacial score (nSPS) is 22.9. The van der Waals surface area contributed by atoms with Gasteiger partial charge in [-0.05, 0) is 53.3 Å². The van der Waals surface area contributed by atoms with Crippen LogP contribution in [0.4, 0.5) is 0 Å². The van der Waals surface area contributed by atoms with E-state index in [2.05, 4.69) is 0 Å². The highest BCUT2D eigenvalue weighted by atomic mass is 35.5.